The Kier molecular flexibility index (Phi) is 4.50. The zero-order valence-electron chi connectivity index (χ0n) is 8.05. The van der Waals surface area contributed by atoms with Crippen molar-refractivity contribution < 1.29 is 0 Å². The molecule has 1 aromatic rings. The molecule has 0 spiro atoms. The van der Waals surface area contributed by atoms with Gasteiger partial charge in [0.25, 0.3) is 0 Å². The maximum atomic E-state index is 3.95. The molecule has 0 unspecified atom stereocenters. The summed E-state index contributed by atoms with van der Waals surface area (Å²) in [7, 11) is 1.90. The molecular formula is C8H17N3. The van der Waals surface area contributed by atoms with Crippen molar-refractivity contribution in [2.75, 3.05) is 0 Å². The summed E-state index contributed by atoms with van der Waals surface area (Å²) < 4.78 is 1.79. The van der Waals surface area contributed by atoms with Gasteiger partial charge in [0.05, 0.1) is 11.4 Å². The highest BCUT2D eigenvalue weighted by Gasteiger charge is 2.00. The lowest BCUT2D eigenvalue weighted by molar-refractivity contribution is 0.696. The van der Waals surface area contributed by atoms with Crippen LogP contribution in [0.15, 0.2) is 0 Å². The van der Waals surface area contributed by atoms with Crippen molar-refractivity contribution in [2.24, 2.45) is 7.05 Å². The van der Waals surface area contributed by atoms with Crippen LogP contribution in [0.5, 0.6) is 0 Å². The lowest BCUT2D eigenvalue weighted by Gasteiger charge is -1.90. The Balaban J connectivity index is 0.000000461. The first kappa shape index (κ1) is 10.1. The molecule has 0 fully saturated rings. The van der Waals surface area contributed by atoms with Gasteiger partial charge in [-0.25, -0.2) is 0 Å². The van der Waals surface area contributed by atoms with Gasteiger partial charge >= 0.3 is 0 Å². The van der Waals surface area contributed by atoms with Crippen LogP contribution in [0.3, 0.4) is 0 Å². The molecule has 0 aliphatic heterocycles. The summed E-state index contributed by atoms with van der Waals surface area (Å²) in [4.78, 5) is 0. The van der Waals surface area contributed by atoms with E-state index in [1.165, 1.54) is 0 Å². The van der Waals surface area contributed by atoms with Gasteiger partial charge in [-0.2, -0.15) is 0 Å². The van der Waals surface area contributed by atoms with Crippen molar-refractivity contribution in [3.63, 3.8) is 0 Å². The van der Waals surface area contributed by atoms with Crippen molar-refractivity contribution >= 4 is 0 Å². The molecular weight excluding hydrogens is 138 g/mol. The summed E-state index contributed by atoms with van der Waals surface area (Å²) in [5, 5.41) is 7.80. The molecule has 1 aromatic heterocycles. The van der Waals surface area contributed by atoms with Crippen LogP contribution >= 0.6 is 0 Å². The minimum atomic E-state index is 0.972. The standard InChI is InChI=1S/C6H11N3.C2H6/c1-4-6-5(2)9(3)8-7-6;1-2/h4H2,1-3H3;1-2H3. The summed E-state index contributed by atoms with van der Waals surface area (Å²) in [5.41, 5.74) is 2.26. The molecule has 0 saturated carbocycles. The summed E-state index contributed by atoms with van der Waals surface area (Å²) in [6.07, 6.45) is 0.972. The predicted octanol–water partition coefficient (Wildman–Crippen LogP) is 1.71. The van der Waals surface area contributed by atoms with Crippen molar-refractivity contribution in [3.8, 4) is 0 Å². The number of hydrogen-bond donors (Lipinski definition) is 0. The van der Waals surface area contributed by atoms with Gasteiger partial charge in [0.15, 0.2) is 0 Å². The molecule has 64 valence electrons. The summed E-state index contributed by atoms with van der Waals surface area (Å²) in [5.74, 6) is 0. The zero-order chi connectivity index (χ0) is 8.85. The van der Waals surface area contributed by atoms with Crippen LogP contribution in [-0.2, 0) is 13.5 Å². The Morgan fingerprint density at radius 1 is 1.36 bits per heavy atom. The number of rotatable bonds is 1. The minimum Gasteiger partial charge on any atom is -0.252 e. The normalized spacial score (nSPS) is 8.82. The van der Waals surface area contributed by atoms with Gasteiger partial charge < -0.3 is 0 Å². The highest BCUT2D eigenvalue weighted by Crippen LogP contribution is 2.00. The van der Waals surface area contributed by atoms with E-state index in [1.54, 1.807) is 4.68 Å². The summed E-state index contributed by atoms with van der Waals surface area (Å²) >= 11 is 0. The Hall–Kier alpha value is -0.860. The molecule has 3 nitrogen and oxygen atoms in total. The largest absolute Gasteiger partial charge is 0.252 e. The highest BCUT2D eigenvalue weighted by molar-refractivity contribution is 5.06. The van der Waals surface area contributed by atoms with E-state index in [-0.39, 0.29) is 0 Å². The average molecular weight is 155 g/mol. The Morgan fingerprint density at radius 2 is 1.91 bits per heavy atom. The van der Waals surface area contributed by atoms with Crippen LogP contribution < -0.4 is 0 Å². The number of aryl methyl sites for hydroxylation is 2. The monoisotopic (exact) mass is 155 g/mol. The molecule has 1 rings (SSSR count). The number of aromatic nitrogens is 3. The fourth-order valence-corrected chi connectivity index (χ4v) is 0.774. The maximum absolute atomic E-state index is 3.95. The van der Waals surface area contributed by atoms with E-state index in [1.807, 2.05) is 27.8 Å². The number of nitrogens with zero attached hydrogens (tertiary/aromatic N) is 3. The maximum Gasteiger partial charge on any atom is 0.0853 e. The van der Waals surface area contributed by atoms with Gasteiger partial charge in [-0.15, -0.1) is 5.10 Å². The van der Waals surface area contributed by atoms with Gasteiger partial charge in [-0.3, -0.25) is 4.68 Å². The average Bonchev–Trinajstić information content (AvgIpc) is 2.37. The molecule has 0 bridgehead atoms. The highest BCUT2D eigenvalue weighted by atomic mass is 15.4. The van der Waals surface area contributed by atoms with E-state index < -0.39 is 0 Å². The fraction of sp³-hybridized carbons (Fsp3) is 0.750. The molecule has 0 aliphatic carbocycles. The Morgan fingerprint density at radius 3 is 2.09 bits per heavy atom. The Labute approximate surface area is 68.4 Å². The third-order valence-corrected chi connectivity index (χ3v) is 1.54. The van der Waals surface area contributed by atoms with E-state index in [9.17, 15) is 0 Å². The number of hydrogen-bond acceptors (Lipinski definition) is 2. The van der Waals surface area contributed by atoms with E-state index in [0.717, 1.165) is 17.8 Å². The molecule has 3 heteroatoms. The predicted molar refractivity (Wildman–Crippen MR) is 46.5 cm³/mol. The first-order chi connectivity index (χ1) is 5.25. The quantitative estimate of drug-likeness (QED) is 0.618. The first-order valence-corrected chi connectivity index (χ1v) is 4.11. The van der Waals surface area contributed by atoms with Crippen molar-refractivity contribution in [3.05, 3.63) is 11.4 Å². The van der Waals surface area contributed by atoms with Crippen molar-refractivity contribution in [1.82, 2.24) is 15.0 Å². The Bertz CT molecular complexity index is 203. The van der Waals surface area contributed by atoms with Crippen LogP contribution in [0.25, 0.3) is 0 Å². The molecule has 0 aromatic carbocycles. The lowest BCUT2D eigenvalue weighted by Crippen LogP contribution is -1.93. The fourth-order valence-electron chi connectivity index (χ4n) is 0.774. The van der Waals surface area contributed by atoms with Gasteiger partial charge in [0.1, 0.15) is 0 Å². The van der Waals surface area contributed by atoms with Crippen LogP contribution in [0.4, 0.5) is 0 Å². The molecule has 0 aliphatic rings. The third-order valence-electron chi connectivity index (χ3n) is 1.54. The second-order valence-corrected chi connectivity index (χ2v) is 2.10. The van der Waals surface area contributed by atoms with E-state index in [0.29, 0.717) is 0 Å². The minimum absolute atomic E-state index is 0.972. The van der Waals surface area contributed by atoms with Crippen molar-refractivity contribution in [1.29, 1.82) is 0 Å². The molecule has 0 radical (unpaired) electrons. The van der Waals surface area contributed by atoms with Gasteiger partial charge in [-0.1, -0.05) is 26.0 Å². The van der Waals surface area contributed by atoms with Gasteiger partial charge in [0, 0.05) is 7.05 Å². The second kappa shape index (κ2) is 4.88. The summed E-state index contributed by atoms with van der Waals surface area (Å²) in [6.45, 7) is 8.11. The SMILES string of the molecule is CC.CCc1nnn(C)c1C. The van der Waals surface area contributed by atoms with Crippen LogP contribution in [-0.4, -0.2) is 15.0 Å². The molecule has 1 heterocycles. The van der Waals surface area contributed by atoms with E-state index >= 15 is 0 Å². The summed E-state index contributed by atoms with van der Waals surface area (Å²) in [6, 6.07) is 0. The second-order valence-electron chi connectivity index (χ2n) is 2.10. The molecule has 0 atom stereocenters. The van der Waals surface area contributed by atoms with Gasteiger partial charge in [-0.05, 0) is 13.3 Å². The molecule has 0 amide bonds. The van der Waals surface area contributed by atoms with Crippen molar-refractivity contribution in [2.45, 2.75) is 34.1 Å². The van der Waals surface area contributed by atoms with Gasteiger partial charge in [0.2, 0.25) is 0 Å². The zero-order valence-corrected chi connectivity index (χ0v) is 8.05. The first-order valence-electron chi connectivity index (χ1n) is 4.11. The third kappa shape index (κ3) is 2.33. The van der Waals surface area contributed by atoms with E-state index in [2.05, 4.69) is 17.2 Å². The molecule has 0 saturated heterocycles. The van der Waals surface area contributed by atoms with Crippen LogP contribution in [0.2, 0.25) is 0 Å². The van der Waals surface area contributed by atoms with Crippen LogP contribution in [0.1, 0.15) is 32.2 Å². The molecule has 11 heavy (non-hydrogen) atoms. The smallest absolute Gasteiger partial charge is 0.0853 e. The lowest BCUT2D eigenvalue weighted by atomic mass is 10.3. The molecule has 0 N–H and O–H groups in total. The van der Waals surface area contributed by atoms with E-state index in [4.69, 9.17) is 0 Å². The van der Waals surface area contributed by atoms with Crippen LogP contribution in [0, 0.1) is 6.92 Å². The topological polar surface area (TPSA) is 30.7 Å².